The van der Waals surface area contributed by atoms with E-state index in [1.807, 2.05) is 6.92 Å². The second-order valence-corrected chi connectivity index (χ2v) is 10.2. The fourth-order valence-corrected chi connectivity index (χ4v) is 5.40. The van der Waals surface area contributed by atoms with Gasteiger partial charge in [0.1, 0.15) is 5.82 Å². The maximum atomic E-state index is 13.6. The minimum absolute atomic E-state index is 0.0817. The van der Waals surface area contributed by atoms with Gasteiger partial charge in [0.25, 0.3) is 6.43 Å². The number of hydrogen-bond acceptors (Lipinski definition) is 3. The van der Waals surface area contributed by atoms with E-state index in [2.05, 4.69) is 15.5 Å². The summed E-state index contributed by atoms with van der Waals surface area (Å²) >= 11 is 0. The number of rotatable bonds is 7. The average Bonchev–Trinajstić information content (AvgIpc) is 2.70. The Morgan fingerprint density at radius 2 is 1.81 bits per heavy atom. The Morgan fingerprint density at radius 1 is 1.12 bits per heavy atom. The molecular weight excluding hydrogens is 419 g/mol. The number of benzene rings is 1. The first kappa shape index (κ1) is 23.1. The molecule has 1 aromatic rings. The molecule has 2 N–H and O–H groups in total. The normalized spacial score (nSPS) is 22.3. The van der Waals surface area contributed by atoms with Crippen LogP contribution in [0.1, 0.15) is 63.9 Å². The second-order valence-electron chi connectivity index (χ2n) is 10.2. The third-order valence-electron chi connectivity index (χ3n) is 7.69. The molecule has 3 aliphatic rings. The zero-order valence-corrected chi connectivity index (χ0v) is 18.6. The lowest BCUT2D eigenvalue weighted by molar-refractivity contribution is -0.134. The van der Waals surface area contributed by atoms with Crippen LogP contribution in [0.5, 0.6) is 0 Å². The van der Waals surface area contributed by atoms with E-state index in [1.54, 1.807) is 0 Å². The van der Waals surface area contributed by atoms with Crippen LogP contribution < -0.4 is 10.6 Å². The molecule has 4 rings (SSSR count). The van der Waals surface area contributed by atoms with Gasteiger partial charge < -0.3 is 15.5 Å². The van der Waals surface area contributed by atoms with Crippen molar-refractivity contribution < 1.29 is 22.8 Å². The highest BCUT2D eigenvalue weighted by Crippen LogP contribution is 2.46. The third kappa shape index (κ3) is 4.95. The van der Waals surface area contributed by atoms with Crippen molar-refractivity contribution in [2.24, 2.45) is 16.7 Å². The van der Waals surface area contributed by atoms with Gasteiger partial charge in [-0.1, -0.05) is 13.3 Å². The molecular formula is C24H32F3N3O2. The molecule has 0 bridgehead atoms. The second kappa shape index (κ2) is 9.04. The molecule has 0 atom stereocenters. The van der Waals surface area contributed by atoms with Gasteiger partial charge in [-0.15, -0.1) is 0 Å². The van der Waals surface area contributed by atoms with Crippen LogP contribution in [0, 0.1) is 22.6 Å². The van der Waals surface area contributed by atoms with Gasteiger partial charge in [-0.3, -0.25) is 9.59 Å². The monoisotopic (exact) mass is 451 g/mol. The van der Waals surface area contributed by atoms with Gasteiger partial charge in [0.05, 0.1) is 0 Å². The molecule has 1 aromatic carbocycles. The van der Waals surface area contributed by atoms with Crippen LogP contribution in [0.15, 0.2) is 18.2 Å². The summed E-state index contributed by atoms with van der Waals surface area (Å²) < 4.78 is 39.3. The molecule has 1 aliphatic heterocycles. The minimum atomic E-state index is -2.79. The molecule has 32 heavy (non-hydrogen) atoms. The van der Waals surface area contributed by atoms with Crippen molar-refractivity contribution in [2.75, 3.05) is 31.5 Å². The molecule has 0 aromatic heterocycles. The van der Waals surface area contributed by atoms with Gasteiger partial charge in [0.15, 0.2) is 0 Å². The summed E-state index contributed by atoms with van der Waals surface area (Å²) in [5, 5.41) is 5.69. The molecule has 1 spiro atoms. The van der Waals surface area contributed by atoms with Gasteiger partial charge in [-0.25, -0.2) is 13.2 Å². The van der Waals surface area contributed by atoms with Crippen molar-refractivity contribution in [3.63, 3.8) is 0 Å². The highest BCUT2D eigenvalue weighted by molar-refractivity contribution is 5.92. The molecule has 2 aliphatic carbocycles. The van der Waals surface area contributed by atoms with Crippen LogP contribution in [0.25, 0.3) is 0 Å². The highest BCUT2D eigenvalue weighted by atomic mass is 19.3. The number of likely N-dealkylation sites (tertiary alicyclic amines) is 1. The molecule has 2 saturated carbocycles. The summed E-state index contributed by atoms with van der Waals surface area (Å²) in [5.74, 6) is -1.03. The fraction of sp³-hybridized carbons (Fsp3) is 0.667. The Labute approximate surface area is 187 Å². The Balaban J connectivity index is 1.18. The number of alkyl halides is 2. The topological polar surface area (TPSA) is 61.4 Å². The van der Waals surface area contributed by atoms with Crippen molar-refractivity contribution in [1.82, 2.24) is 10.2 Å². The van der Waals surface area contributed by atoms with Crippen LogP contribution in [0.4, 0.5) is 18.9 Å². The Morgan fingerprint density at radius 3 is 2.41 bits per heavy atom. The van der Waals surface area contributed by atoms with Gasteiger partial charge in [-0.05, 0) is 62.1 Å². The number of nitrogens with one attached hydrogen (secondary N) is 2. The summed E-state index contributed by atoms with van der Waals surface area (Å²) in [7, 11) is 0. The fourth-order valence-electron chi connectivity index (χ4n) is 5.40. The van der Waals surface area contributed by atoms with Gasteiger partial charge in [-0.2, -0.15) is 0 Å². The number of hydrogen-bond donors (Lipinski definition) is 2. The van der Waals surface area contributed by atoms with E-state index in [0.29, 0.717) is 6.54 Å². The number of amides is 2. The zero-order chi connectivity index (χ0) is 22.9. The molecule has 1 heterocycles. The maximum absolute atomic E-state index is 13.6. The van der Waals surface area contributed by atoms with Gasteiger partial charge >= 0.3 is 0 Å². The van der Waals surface area contributed by atoms with Crippen molar-refractivity contribution in [3.8, 4) is 0 Å². The Bertz CT molecular complexity index is 856. The van der Waals surface area contributed by atoms with E-state index >= 15 is 0 Å². The summed E-state index contributed by atoms with van der Waals surface area (Å²) in [5.41, 5.74) is -0.280. The first-order valence-electron chi connectivity index (χ1n) is 11.6. The van der Waals surface area contributed by atoms with Crippen LogP contribution in [-0.2, 0) is 9.59 Å². The lowest BCUT2D eigenvalue weighted by Gasteiger charge is -2.53. The lowest BCUT2D eigenvalue weighted by Crippen LogP contribution is -2.59. The SMILES string of the molecule is CC1(C(=O)NCCN2CC3(CCC(C(=O)Nc4cc(F)cc(C(F)F)c4)CC3)C2)CCC1. The van der Waals surface area contributed by atoms with Crippen molar-refractivity contribution in [3.05, 3.63) is 29.6 Å². The van der Waals surface area contributed by atoms with Crippen LogP contribution in [-0.4, -0.2) is 42.9 Å². The van der Waals surface area contributed by atoms with Crippen LogP contribution in [0.3, 0.4) is 0 Å². The molecule has 1 saturated heterocycles. The van der Waals surface area contributed by atoms with Crippen molar-refractivity contribution in [2.45, 2.75) is 58.3 Å². The zero-order valence-electron chi connectivity index (χ0n) is 18.6. The Kier molecular flexibility index (Phi) is 6.52. The number of carbonyl (C=O) groups excluding carboxylic acids is 2. The average molecular weight is 452 g/mol. The summed E-state index contributed by atoms with van der Waals surface area (Å²) in [6, 6.07) is 2.98. The lowest BCUT2D eigenvalue weighted by atomic mass is 9.65. The quantitative estimate of drug-likeness (QED) is 0.642. The van der Waals surface area contributed by atoms with E-state index < -0.39 is 17.8 Å². The first-order chi connectivity index (χ1) is 15.2. The summed E-state index contributed by atoms with van der Waals surface area (Å²) in [4.78, 5) is 27.1. The summed E-state index contributed by atoms with van der Waals surface area (Å²) in [6.45, 7) is 5.51. The predicted molar refractivity (Wildman–Crippen MR) is 116 cm³/mol. The third-order valence-corrected chi connectivity index (χ3v) is 7.69. The van der Waals surface area contributed by atoms with E-state index in [4.69, 9.17) is 0 Å². The molecule has 3 fully saturated rings. The van der Waals surface area contributed by atoms with Crippen molar-refractivity contribution >= 4 is 17.5 Å². The number of anilines is 1. The smallest absolute Gasteiger partial charge is 0.264 e. The molecule has 0 unspecified atom stereocenters. The van der Waals surface area contributed by atoms with Gasteiger partial charge in [0, 0.05) is 48.8 Å². The molecule has 0 radical (unpaired) electrons. The minimum Gasteiger partial charge on any atom is -0.354 e. The predicted octanol–water partition coefficient (Wildman–Crippen LogP) is 4.50. The highest BCUT2D eigenvalue weighted by Gasteiger charge is 2.46. The number of carbonyl (C=O) groups is 2. The first-order valence-corrected chi connectivity index (χ1v) is 11.6. The van der Waals surface area contributed by atoms with E-state index in [1.165, 1.54) is 0 Å². The van der Waals surface area contributed by atoms with Crippen LogP contribution in [0.2, 0.25) is 0 Å². The van der Waals surface area contributed by atoms with Gasteiger partial charge in [0.2, 0.25) is 11.8 Å². The summed E-state index contributed by atoms with van der Waals surface area (Å²) in [6.07, 6.45) is 3.68. The van der Waals surface area contributed by atoms with Crippen molar-refractivity contribution in [1.29, 1.82) is 0 Å². The van der Waals surface area contributed by atoms with E-state index in [9.17, 15) is 22.8 Å². The van der Waals surface area contributed by atoms with Crippen LogP contribution >= 0.6 is 0 Å². The number of nitrogens with zero attached hydrogens (tertiary/aromatic N) is 1. The molecule has 5 nitrogen and oxygen atoms in total. The Hall–Kier alpha value is -2.09. The molecule has 8 heteroatoms. The maximum Gasteiger partial charge on any atom is 0.264 e. The molecule has 2 amide bonds. The van der Waals surface area contributed by atoms with E-state index in [0.717, 1.165) is 82.8 Å². The molecule has 176 valence electrons. The standard InChI is InChI=1S/C24H32F3N3O2/c1-23(5-2-6-23)22(32)28-9-10-30-14-24(15-30)7-3-16(4-8-24)21(31)29-19-12-17(20(26)27)11-18(25)13-19/h11-13,16,20H,2-10,14-15H2,1H3,(H,28,32)(H,29,31). The van der Waals surface area contributed by atoms with E-state index in [-0.39, 0.29) is 34.2 Å². The largest absolute Gasteiger partial charge is 0.354 e. The number of halogens is 3.